The molecule has 0 amide bonds. The summed E-state index contributed by atoms with van der Waals surface area (Å²) in [7, 11) is 1.77. The maximum absolute atomic E-state index is 5.29. The number of methoxy groups -OCH3 is 1. The van der Waals surface area contributed by atoms with Crippen molar-refractivity contribution in [1.29, 1.82) is 0 Å². The standard InChI is InChI=1S/C15H23NO/c1-12(17-2)11-13-6-8-14(9-7-13)15-5-3-4-10-16-15/h6-9,12,15-16H,3-5,10-11H2,1-2H3. The third-order valence-corrected chi connectivity index (χ3v) is 3.62. The SMILES string of the molecule is COC(C)Cc1ccc(C2CCCCN2)cc1. The molecule has 0 spiro atoms. The Kier molecular flexibility index (Phi) is 4.57. The molecule has 1 fully saturated rings. The monoisotopic (exact) mass is 233 g/mol. The van der Waals surface area contributed by atoms with E-state index in [-0.39, 0.29) is 0 Å². The number of piperidine rings is 1. The number of rotatable bonds is 4. The van der Waals surface area contributed by atoms with Crippen LogP contribution >= 0.6 is 0 Å². The van der Waals surface area contributed by atoms with E-state index in [1.165, 1.54) is 30.4 Å². The molecule has 2 heteroatoms. The van der Waals surface area contributed by atoms with Crippen LogP contribution in [0.15, 0.2) is 24.3 Å². The van der Waals surface area contributed by atoms with Gasteiger partial charge in [-0.25, -0.2) is 0 Å². The van der Waals surface area contributed by atoms with Crippen molar-refractivity contribution >= 4 is 0 Å². The van der Waals surface area contributed by atoms with E-state index in [1.54, 1.807) is 7.11 Å². The minimum Gasteiger partial charge on any atom is -0.381 e. The number of ether oxygens (including phenoxy) is 1. The zero-order valence-electron chi connectivity index (χ0n) is 10.9. The zero-order valence-corrected chi connectivity index (χ0v) is 10.9. The van der Waals surface area contributed by atoms with Crippen molar-refractivity contribution < 1.29 is 4.74 Å². The molecule has 1 saturated heterocycles. The fraction of sp³-hybridized carbons (Fsp3) is 0.600. The van der Waals surface area contributed by atoms with Crippen LogP contribution in [0.2, 0.25) is 0 Å². The van der Waals surface area contributed by atoms with Crippen molar-refractivity contribution in [2.45, 2.75) is 44.8 Å². The highest BCUT2D eigenvalue weighted by Crippen LogP contribution is 2.23. The first kappa shape index (κ1) is 12.6. The van der Waals surface area contributed by atoms with E-state index in [2.05, 4.69) is 36.5 Å². The largest absolute Gasteiger partial charge is 0.381 e. The smallest absolute Gasteiger partial charge is 0.0583 e. The Hall–Kier alpha value is -0.860. The van der Waals surface area contributed by atoms with Crippen molar-refractivity contribution in [3.63, 3.8) is 0 Å². The van der Waals surface area contributed by atoms with Crippen molar-refractivity contribution in [3.8, 4) is 0 Å². The molecule has 2 nitrogen and oxygen atoms in total. The normalized spacial score (nSPS) is 22.4. The fourth-order valence-electron chi connectivity index (χ4n) is 2.44. The third-order valence-electron chi connectivity index (χ3n) is 3.62. The fourth-order valence-corrected chi connectivity index (χ4v) is 2.44. The quantitative estimate of drug-likeness (QED) is 0.863. The Morgan fingerprint density at radius 3 is 2.65 bits per heavy atom. The summed E-state index contributed by atoms with van der Waals surface area (Å²) in [5, 5.41) is 3.58. The molecule has 1 aliphatic rings. The van der Waals surface area contributed by atoms with Gasteiger partial charge in [-0.3, -0.25) is 0 Å². The van der Waals surface area contributed by atoms with Gasteiger partial charge in [-0.05, 0) is 43.9 Å². The first-order valence-corrected chi connectivity index (χ1v) is 6.64. The van der Waals surface area contributed by atoms with Crippen molar-refractivity contribution in [2.75, 3.05) is 13.7 Å². The first-order valence-electron chi connectivity index (χ1n) is 6.64. The van der Waals surface area contributed by atoms with Crippen LogP contribution in [0.4, 0.5) is 0 Å². The van der Waals surface area contributed by atoms with E-state index < -0.39 is 0 Å². The second kappa shape index (κ2) is 6.18. The molecular formula is C15H23NO. The zero-order chi connectivity index (χ0) is 12.1. The summed E-state index contributed by atoms with van der Waals surface area (Å²) < 4.78 is 5.29. The van der Waals surface area contributed by atoms with Crippen molar-refractivity contribution in [1.82, 2.24) is 5.32 Å². The predicted octanol–water partition coefficient (Wildman–Crippen LogP) is 3.08. The Labute approximate surface area is 104 Å². The summed E-state index contributed by atoms with van der Waals surface area (Å²) in [6, 6.07) is 9.57. The van der Waals surface area contributed by atoms with Crippen LogP contribution in [0, 0.1) is 0 Å². The van der Waals surface area contributed by atoms with Gasteiger partial charge in [0.25, 0.3) is 0 Å². The molecular weight excluding hydrogens is 210 g/mol. The summed E-state index contributed by atoms with van der Waals surface area (Å²) in [6.45, 7) is 3.27. The topological polar surface area (TPSA) is 21.3 Å². The molecule has 2 rings (SSSR count). The predicted molar refractivity (Wildman–Crippen MR) is 71.2 cm³/mol. The molecule has 17 heavy (non-hydrogen) atoms. The van der Waals surface area contributed by atoms with E-state index in [1.807, 2.05) is 0 Å². The van der Waals surface area contributed by atoms with Crippen LogP contribution in [0.25, 0.3) is 0 Å². The molecule has 1 aliphatic heterocycles. The van der Waals surface area contributed by atoms with E-state index in [9.17, 15) is 0 Å². The molecule has 1 aromatic carbocycles. The molecule has 1 heterocycles. The molecule has 0 aromatic heterocycles. The van der Waals surface area contributed by atoms with E-state index in [4.69, 9.17) is 4.74 Å². The highest BCUT2D eigenvalue weighted by Gasteiger charge is 2.14. The summed E-state index contributed by atoms with van der Waals surface area (Å²) in [5.41, 5.74) is 2.79. The van der Waals surface area contributed by atoms with Gasteiger partial charge in [-0.15, -0.1) is 0 Å². The van der Waals surface area contributed by atoms with Crippen molar-refractivity contribution in [3.05, 3.63) is 35.4 Å². The van der Waals surface area contributed by atoms with Gasteiger partial charge < -0.3 is 10.1 Å². The lowest BCUT2D eigenvalue weighted by atomic mass is 9.96. The summed E-state index contributed by atoms with van der Waals surface area (Å²) in [6.07, 6.45) is 5.23. The second-order valence-corrected chi connectivity index (χ2v) is 4.99. The first-order chi connectivity index (χ1) is 8.29. The van der Waals surface area contributed by atoms with Crippen molar-refractivity contribution in [2.24, 2.45) is 0 Å². The maximum Gasteiger partial charge on any atom is 0.0583 e. The van der Waals surface area contributed by atoms with Crippen LogP contribution in [-0.4, -0.2) is 19.8 Å². The van der Waals surface area contributed by atoms with Crippen LogP contribution in [0.5, 0.6) is 0 Å². The summed E-state index contributed by atoms with van der Waals surface area (Å²) in [5.74, 6) is 0. The van der Waals surface area contributed by atoms with Gasteiger partial charge in [0, 0.05) is 13.2 Å². The lowest BCUT2D eigenvalue weighted by Gasteiger charge is -2.24. The molecule has 0 radical (unpaired) electrons. The van der Waals surface area contributed by atoms with Gasteiger partial charge in [0.05, 0.1) is 6.10 Å². The van der Waals surface area contributed by atoms with Gasteiger partial charge in [-0.2, -0.15) is 0 Å². The molecule has 0 bridgehead atoms. The number of nitrogens with one attached hydrogen (secondary N) is 1. The van der Waals surface area contributed by atoms with E-state index in [0.29, 0.717) is 12.1 Å². The Morgan fingerprint density at radius 1 is 1.29 bits per heavy atom. The third kappa shape index (κ3) is 3.55. The van der Waals surface area contributed by atoms with E-state index >= 15 is 0 Å². The Bertz CT molecular complexity index is 327. The Morgan fingerprint density at radius 2 is 2.06 bits per heavy atom. The second-order valence-electron chi connectivity index (χ2n) is 4.99. The highest BCUT2D eigenvalue weighted by molar-refractivity contribution is 5.25. The van der Waals surface area contributed by atoms with Gasteiger partial charge in [0.15, 0.2) is 0 Å². The molecule has 94 valence electrons. The van der Waals surface area contributed by atoms with Gasteiger partial charge >= 0.3 is 0 Å². The summed E-state index contributed by atoms with van der Waals surface area (Å²) in [4.78, 5) is 0. The van der Waals surface area contributed by atoms with Gasteiger partial charge in [0.1, 0.15) is 0 Å². The maximum atomic E-state index is 5.29. The minimum atomic E-state index is 0.300. The van der Waals surface area contributed by atoms with Gasteiger partial charge in [-0.1, -0.05) is 30.7 Å². The molecule has 0 aliphatic carbocycles. The van der Waals surface area contributed by atoms with Crippen LogP contribution in [0.1, 0.15) is 43.4 Å². The summed E-state index contributed by atoms with van der Waals surface area (Å²) >= 11 is 0. The van der Waals surface area contributed by atoms with Gasteiger partial charge in [0.2, 0.25) is 0 Å². The molecule has 1 N–H and O–H groups in total. The molecule has 1 aromatic rings. The highest BCUT2D eigenvalue weighted by atomic mass is 16.5. The Balaban J connectivity index is 1.97. The lowest BCUT2D eigenvalue weighted by molar-refractivity contribution is 0.119. The number of benzene rings is 1. The number of hydrogen-bond donors (Lipinski definition) is 1. The van der Waals surface area contributed by atoms with Crippen LogP contribution in [-0.2, 0) is 11.2 Å². The average Bonchev–Trinajstić information content (AvgIpc) is 2.40. The van der Waals surface area contributed by atoms with Crippen LogP contribution in [0.3, 0.4) is 0 Å². The molecule has 0 saturated carbocycles. The lowest BCUT2D eigenvalue weighted by Crippen LogP contribution is -2.26. The minimum absolute atomic E-state index is 0.300. The van der Waals surface area contributed by atoms with Crippen LogP contribution < -0.4 is 5.32 Å². The molecule has 2 unspecified atom stereocenters. The number of hydrogen-bond acceptors (Lipinski definition) is 2. The molecule has 2 atom stereocenters. The average molecular weight is 233 g/mol. The van der Waals surface area contributed by atoms with E-state index in [0.717, 1.165) is 13.0 Å².